The van der Waals surface area contributed by atoms with Crippen LogP contribution >= 0.6 is 22.9 Å². The molecule has 0 spiro atoms. The van der Waals surface area contributed by atoms with E-state index < -0.39 is 11.6 Å². The topological polar surface area (TPSA) is 22.1 Å². The lowest BCUT2D eigenvalue weighted by Crippen LogP contribution is -2.00. The molecule has 0 saturated heterocycles. The summed E-state index contributed by atoms with van der Waals surface area (Å²) in [5, 5.41) is 2.93. The predicted molar refractivity (Wildman–Crippen MR) is 71.8 cm³/mol. The Balaban J connectivity index is 1.75. The van der Waals surface area contributed by atoms with Gasteiger partial charge in [-0.1, -0.05) is 0 Å². The van der Waals surface area contributed by atoms with Gasteiger partial charge in [0.2, 0.25) is 0 Å². The smallest absolute Gasteiger partial charge is 0.162 e. The second kappa shape index (κ2) is 6.82. The van der Waals surface area contributed by atoms with Crippen molar-refractivity contribution in [2.24, 2.45) is 0 Å². The Kier molecular flexibility index (Phi) is 5.10. The van der Waals surface area contributed by atoms with Gasteiger partial charge >= 0.3 is 0 Å². The zero-order valence-corrected chi connectivity index (χ0v) is 11.6. The lowest BCUT2D eigenvalue weighted by molar-refractivity contribution is 0.308. The summed E-state index contributed by atoms with van der Waals surface area (Å²) in [5.74, 6) is -1.02. The minimum Gasteiger partial charge on any atom is -0.493 e. The van der Waals surface area contributed by atoms with Crippen LogP contribution in [0.25, 0.3) is 0 Å². The summed E-state index contributed by atoms with van der Waals surface area (Å²) in [5.41, 5.74) is 0.878. The molecule has 19 heavy (non-hydrogen) atoms. The number of ether oxygens (including phenoxy) is 1. The molecular weight excluding hydrogens is 292 g/mol. The number of benzene rings is 1. The quantitative estimate of drug-likeness (QED) is 0.590. The number of alkyl halides is 1. The first kappa shape index (κ1) is 14.2. The van der Waals surface area contributed by atoms with Gasteiger partial charge in [0.15, 0.2) is 11.6 Å². The molecule has 0 fully saturated rings. The van der Waals surface area contributed by atoms with Crippen LogP contribution < -0.4 is 4.74 Å². The molecule has 0 aliphatic rings. The number of aryl methyl sites for hydroxylation is 1. The molecule has 0 aliphatic carbocycles. The van der Waals surface area contributed by atoms with Gasteiger partial charge in [0.25, 0.3) is 0 Å². The fourth-order valence-electron chi connectivity index (χ4n) is 1.51. The standard InChI is InChI=1S/C13H12ClF2NOS/c14-7-9-8-19-13(17-9)2-1-5-18-10-3-4-11(15)12(16)6-10/h3-4,6,8H,1-2,5,7H2. The molecule has 6 heteroatoms. The number of rotatable bonds is 6. The van der Waals surface area contributed by atoms with E-state index in [-0.39, 0.29) is 0 Å². The third-order valence-corrected chi connectivity index (χ3v) is 3.66. The van der Waals surface area contributed by atoms with Crippen molar-refractivity contribution in [3.63, 3.8) is 0 Å². The molecule has 0 saturated carbocycles. The maximum Gasteiger partial charge on any atom is 0.162 e. The molecule has 2 nitrogen and oxygen atoms in total. The maximum atomic E-state index is 12.9. The highest BCUT2D eigenvalue weighted by molar-refractivity contribution is 7.09. The Hall–Kier alpha value is -1.20. The average molecular weight is 304 g/mol. The van der Waals surface area contributed by atoms with Gasteiger partial charge in [0, 0.05) is 17.9 Å². The molecule has 0 aliphatic heterocycles. The normalized spacial score (nSPS) is 10.7. The number of nitrogens with zero attached hydrogens (tertiary/aromatic N) is 1. The van der Waals surface area contributed by atoms with E-state index >= 15 is 0 Å². The summed E-state index contributed by atoms with van der Waals surface area (Å²) >= 11 is 7.23. The third kappa shape index (κ3) is 4.14. The van der Waals surface area contributed by atoms with Crippen molar-refractivity contribution in [3.05, 3.63) is 45.9 Å². The molecule has 1 aromatic heterocycles. The summed E-state index contributed by atoms with van der Waals surface area (Å²) < 4.78 is 31.0. The fraction of sp³-hybridized carbons (Fsp3) is 0.308. The third-order valence-electron chi connectivity index (χ3n) is 2.43. The van der Waals surface area contributed by atoms with Gasteiger partial charge < -0.3 is 4.74 Å². The second-order valence-corrected chi connectivity index (χ2v) is 5.10. The first-order valence-electron chi connectivity index (χ1n) is 5.76. The van der Waals surface area contributed by atoms with Crippen LogP contribution in [0.1, 0.15) is 17.1 Å². The first-order valence-corrected chi connectivity index (χ1v) is 7.17. The van der Waals surface area contributed by atoms with Crippen LogP contribution in [0.5, 0.6) is 5.75 Å². The van der Waals surface area contributed by atoms with E-state index in [1.807, 2.05) is 5.38 Å². The molecule has 102 valence electrons. The van der Waals surface area contributed by atoms with Gasteiger partial charge in [-0.05, 0) is 18.6 Å². The zero-order chi connectivity index (χ0) is 13.7. The van der Waals surface area contributed by atoms with Crippen molar-refractivity contribution < 1.29 is 13.5 Å². The number of thiazole rings is 1. The average Bonchev–Trinajstić information content (AvgIpc) is 2.87. The molecule has 0 bridgehead atoms. The molecule has 0 radical (unpaired) electrons. The van der Waals surface area contributed by atoms with Crippen LogP contribution in [0.15, 0.2) is 23.6 Å². The highest BCUT2D eigenvalue weighted by atomic mass is 35.5. The van der Waals surface area contributed by atoms with Gasteiger partial charge in [-0.15, -0.1) is 22.9 Å². The van der Waals surface area contributed by atoms with Gasteiger partial charge in [-0.25, -0.2) is 13.8 Å². The molecular formula is C13H12ClF2NOS. The molecule has 2 rings (SSSR count). The lowest BCUT2D eigenvalue weighted by atomic mass is 10.3. The Morgan fingerprint density at radius 2 is 2.11 bits per heavy atom. The molecule has 1 aromatic carbocycles. The van der Waals surface area contributed by atoms with Crippen LogP contribution in [0.3, 0.4) is 0 Å². The van der Waals surface area contributed by atoms with Crippen molar-refractivity contribution >= 4 is 22.9 Å². The van der Waals surface area contributed by atoms with E-state index in [1.54, 1.807) is 11.3 Å². The van der Waals surface area contributed by atoms with E-state index in [2.05, 4.69) is 4.98 Å². The van der Waals surface area contributed by atoms with Crippen molar-refractivity contribution in [2.75, 3.05) is 6.61 Å². The summed E-state index contributed by atoms with van der Waals surface area (Å²) in [7, 11) is 0. The molecule has 0 N–H and O–H groups in total. The van der Waals surface area contributed by atoms with E-state index in [0.29, 0.717) is 18.2 Å². The zero-order valence-electron chi connectivity index (χ0n) is 10.0. The Bertz CT molecular complexity index is 547. The Morgan fingerprint density at radius 1 is 1.26 bits per heavy atom. The summed E-state index contributed by atoms with van der Waals surface area (Å²) in [6.45, 7) is 0.431. The highest BCUT2D eigenvalue weighted by Crippen LogP contribution is 2.17. The fourth-order valence-corrected chi connectivity index (χ4v) is 2.57. The van der Waals surface area contributed by atoms with Crippen LogP contribution in [-0.2, 0) is 12.3 Å². The largest absolute Gasteiger partial charge is 0.493 e. The molecule has 0 atom stereocenters. The molecule has 0 amide bonds. The maximum absolute atomic E-state index is 12.9. The minimum atomic E-state index is -0.899. The molecule has 2 aromatic rings. The second-order valence-electron chi connectivity index (χ2n) is 3.89. The monoisotopic (exact) mass is 303 g/mol. The SMILES string of the molecule is Fc1ccc(OCCCc2nc(CCl)cs2)cc1F. The number of hydrogen-bond acceptors (Lipinski definition) is 3. The Morgan fingerprint density at radius 3 is 2.79 bits per heavy atom. The van der Waals surface area contributed by atoms with Gasteiger partial charge in [-0.2, -0.15) is 0 Å². The summed E-state index contributed by atoms with van der Waals surface area (Å²) in [6.07, 6.45) is 1.54. The summed E-state index contributed by atoms with van der Waals surface area (Å²) in [6, 6.07) is 3.51. The highest BCUT2D eigenvalue weighted by Gasteiger charge is 2.04. The number of aromatic nitrogens is 1. The number of halogens is 3. The van der Waals surface area contributed by atoms with E-state index in [9.17, 15) is 8.78 Å². The van der Waals surface area contributed by atoms with E-state index in [1.165, 1.54) is 6.07 Å². The molecule has 1 heterocycles. The van der Waals surface area contributed by atoms with E-state index in [0.717, 1.165) is 35.7 Å². The first-order chi connectivity index (χ1) is 9.19. The van der Waals surface area contributed by atoms with Crippen molar-refractivity contribution in [2.45, 2.75) is 18.7 Å². The van der Waals surface area contributed by atoms with Crippen molar-refractivity contribution in [3.8, 4) is 5.75 Å². The van der Waals surface area contributed by atoms with Crippen molar-refractivity contribution in [1.29, 1.82) is 0 Å². The van der Waals surface area contributed by atoms with Crippen LogP contribution in [0.2, 0.25) is 0 Å². The van der Waals surface area contributed by atoms with Crippen LogP contribution in [-0.4, -0.2) is 11.6 Å². The van der Waals surface area contributed by atoms with Gasteiger partial charge in [0.05, 0.1) is 23.2 Å². The molecule has 0 unspecified atom stereocenters. The van der Waals surface area contributed by atoms with E-state index in [4.69, 9.17) is 16.3 Å². The number of hydrogen-bond donors (Lipinski definition) is 0. The lowest BCUT2D eigenvalue weighted by Gasteiger charge is -2.05. The Labute approximate surface area is 119 Å². The van der Waals surface area contributed by atoms with Crippen LogP contribution in [0, 0.1) is 11.6 Å². The minimum absolute atomic E-state index is 0.333. The van der Waals surface area contributed by atoms with Crippen LogP contribution in [0.4, 0.5) is 8.78 Å². The van der Waals surface area contributed by atoms with Gasteiger partial charge in [-0.3, -0.25) is 0 Å². The summed E-state index contributed by atoms with van der Waals surface area (Å²) in [4.78, 5) is 4.32. The predicted octanol–water partition coefficient (Wildman–Crippen LogP) is 4.17. The van der Waals surface area contributed by atoms with Gasteiger partial charge in [0.1, 0.15) is 5.75 Å². The van der Waals surface area contributed by atoms with Crippen molar-refractivity contribution in [1.82, 2.24) is 4.98 Å².